The lowest BCUT2D eigenvalue weighted by Gasteiger charge is -2.32. The predicted octanol–water partition coefficient (Wildman–Crippen LogP) is 18.7. The SMILES string of the molecule is c1ccc2c(c1)-c1ccccc1C21c2ccccc2-c2ccc(N(c3ccc(-c4ccc(-c5cccc6c5sc5ccccc56)cc4)cc3)c3cccc4c5ccccc5c5ccccc5c34)cc21. The third-order valence-corrected chi connectivity index (χ3v) is 16.5. The van der Waals surface area contributed by atoms with Crippen molar-refractivity contribution < 1.29 is 0 Å². The third kappa shape index (κ3) is 5.41. The van der Waals surface area contributed by atoms with Gasteiger partial charge in [0, 0.05) is 36.9 Å². The van der Waals surface area contributed by atoms with E-state index in [2.05, 4.69) is 254 Å². The van der Waals surface area contributed by atoms with Crippen LogP contribution < -0.4 is 4.90 Å². The summed E-state index contributed by atoms with van der Waals surface area (Å²) >= 11 is 1.88. The summed E-state index contributed by atoms with van der Waals surface area (Å²) in [5.74, 6) is 0. The Labute approximate surface area is 404 Å². The van der Waals surface area contributed by atoms with Crippen LogP contribution in [0.25, 0.3) is 97.0 Å². The fourth-order valence-electron chi connectivity index (χ4n) is 12.4. The van der Waals surface area contributed by atoms with Gasteiger partial charge in [0.2, 0.25) is 0 Å². The zero-order valence-corrected chi connectivity index (χ0v) is 38.3. The van der Waals surface area contributed by atoms with Gasteiger partial charge in [-0.05, 0) is 130 Å². The quantitative estimate of drug-likeness (QED) is 0.156. The maximum absolute atomic E-state index is 2.52. The van der Waals surface area contributed by atoms with Crippen LogP contribution in [0.3, 0.4) is 0 Å². The van der Waals surface area contributed by atoms with Gasteiger partial charge >= 0.3 is 0 Å². The Morgan fingerprint density at radius 1 is 0.290 bits per heavy atom. The molecule has 1 heterocycles. The van der Waals surface area contributed by atoms with Gasteiger partial charge in [-0.2, -0.15) is 0 Å². The van der Waals surface area contributed by atoms with Crippen LogP contribution in [-0.2, 0) is 5.41 Å². The second kappa shape index (κ2) is 14.7. The normalized spacial score (nSPS) is 13.0. The van der Waals surface area contributed by atoms with Crippen LogP contribution in [0.2, 0.25) is 0 Å². The Hall–Kier alpha value is -8.56. The number of benzene rings is 12. The zero-order valence-electron chi connectivity index (χ0n) is 37.5. The summed E-state index contributed by atoms with van der Waals surface area (Å²) in [5.41, 5.74) is 18.4. The van der Waals surface area contributed by atoms with E-state index < -0.39 is 5.41 Å². The molecule has 0 aliphatic heterocycles. The predicted molar refractivity (Wildman–Crippen MR) is 294 cm³/mol. The highest BCUT2D eigenvalue weighted by Gasteiger charge is 2.51. The molecule has 12 aromatic carbocycles. The van der Waals surface area contributed by atoms with E-state index in [1.54, 1.807) is 0 Å². The minimum absolute atomic E-state index is 0.457. The molecule has 15 rings (SSSR count). The molecule has 13 aromatic rings. The molecule has 0 amide bonds. The summed E-state index contributed by atoms with van der Waals surface area (Å²) in [5, 5.41) is 10.2. The van der Waals surface area contributed by atoms with E-state index in [1.807, 2.05) is 11.3 Å². The number of hydrogen-bond acceptors (Lipinski definition) is 2. The highest BCUT2D eigenvalue weighted by Crippen LogP contribution is 2.63. The molecule has 0 unspecified atom stereocenters. The molecule has 69 heavy (non-hydrogen) atoms. The van der Waals surface area contributed by atoms with Crippen LogP contribution in [0, 0.1) is 0 Å². The van der Waals surface area contributed by atoms with Crippen molar-refractivity contribution in [2.45, 2.75) is 5.41 Å². The lowest BCUT2D eigenvalue weighted by molar-refractivity contribution is 0.793. The third-order valence-electron chi connectivity index (χ3n) is 15.3. The minimum atomic E-state index is -0.457. The zero-order chi connectivity index (χ0) is 45.2. The first-order valence-electron chi connectivity index (χ1n) is 23.9. The van der Waals surface area contributed by atoms with Gasteiger partial charge in [-0.15, -0.1) is 11.3 Å². The van der Waals surface area contributed by atoms with Crippen LogP contribution in [0.4, 0.5) is 17.1 Å². The van der Waals surface area contributed by atoms with Gasteiger partial charge in [0.05, 0.1) is 11.1 Å². The van der Waals surface area contributed by atoms with E-state index in [-0.39, 0.29) is 0 Å². The van der Waals surface area contributed by atoms with Crippen LogP contribution in [0.15, 0.2) is 249 Å². The van der Waals surface area contributed by atoms with Crippen LogP contribution in [0.5, 0.6) is 0 Å². The maximum atomic E-state index is 2.52. The molecule has 0 bridgehead atoms. The Morgan fingerprint density at radius 3 is 1.36 bits per heavy atom. The second-order valence-electron chi connectivity index (χ2n) is 18.6. The molecule has 0 saturated carbocycles. The number of thiophene rings is 1. The molecule has 2 aliphatic rings. The summed E-state index contributed by atoms with van der Waals surface area (Å²) in [4.78, 5) is 2.52. The highest BCUT2D eigenvalue weighted by atomic mass is 32.1. The number of nitrogens with zero attached hydrogens (tertiary/aromatic N) is 1. The van der Waals surface area contributed by atoms with Crippen molar-refractivity contribution >= 4 is 80.9 Å². The first-order valence-corrected chi connectivity index (χ1v) is 24.7. The van der Waals surface area contributed by atoms with E-state index in [9.17, 15) is 0 Å². The Morgan fingerprint density at radius 2 is 0.725 bits per heavy atom. The molecule has 1 spiro atoms. The largest absolute Gasteiger partial charge is 0.310 e. The van der Waals surface area contributed by atoms with Crippen LogP contribution >= 0.6 is 11.3 Å². The molecule has 2 aliphatic carbocycles. The van der Waals surface area contributed by atoms with Crippen molar-refractivity contribution in [3.05, 3.63) is 271 Å². The molecule has 0 radical (unpaired) electrons. The topological polar surface area (TPSA) is 3.24 Å². The van der Waals surface area contributed by atoms with Crippen molar-refractivity contribution in [3.63, 3.8) is 0 Å². The molecule has 0 atom stereocenters. The standard InChI is InChI=1S/C67H41NS/c1-2-16-50-48(15-1)49-17-3-4-22-56(49)65-57(50)24-14-29-63(65)68(45-37-35-43(36-38-45)42-31-33-44(34-32-42)47-23-13-25-58-55-21-8-12-30-64(55)69-66(47)58)46-39-40-54-53-20-7-11-28-61(53)67(62(54)41-46)59-26-9-5-18-51(59)52-19-6-10-27-60(52)67/h1-41H. The van der Waals surface area contributed by atoms with E-state index in [4.69, 9.17) is 0 Å². The second-order valence-corrected chi connectivity index (χ2v) is 19.7. The van der Waals surface area contributed by atoms with E-state index in [0.29, 0.717) is 0 Å². The molecule has 0 saturated heterocycles. The van der Waals surface area contributed by atoms with Gasteiger partial charge in [0.1, 0.15) is 0 Å². The number of hydrogen-bond donors (Lipinski definition) is 0. The Kier molecular flexibility index (Phi) is 8.22. The molecule has 1 aromatic heterocycles. The highest BCUT2D eigenvalue weighted by molar-refractivity contribution is 7.26. The van der Waals surface area contributed by atoms with Gasteiger partial charge in [0.25, 0.3) is 0 Å². The molecular weight excluding hydrogens is 851 g/mol. The minimum Gasteiger partial charge on any atom is -0.310 e. The molecule has 0 fully saturated rings. The first kappa shape index (κ1) is 38.5. The fourth-order valence-corrected chi connectivity index (χ4v) is 13.6. The van der Waals surface area contributed by atoms with Crippen molar-refractivity contribution in [3.8, 4) is 44.5 Å². The van der Waals surface area contributed by atoms with E-state index in [1.165, 1.54) is 119 Å². The van der Waals surface area contributed by atoms with Crippen LogP contribution in [-0.4, -0.2) is 0 Å². The van der Waals surface area contributed by atoms with Crippen molar-refractivity contribution in [1.82, 2.24) is 0 Å². The molecule has 0 N–H and O–H groups in total. The lowest BCUT2D eigenvalue weighted by Crippen LogP contribution is -2.26. The molecule has 1 nitrogen and oxygen atoms in total. The summed E-state index contributed by atoms with van der Waals surface area (Å²) in [6, 6.07) is 93.1. The Balaban J connectivity index is 0.927. The van der Waals surface area contributed by atoms with Crippen molar-refractivity contribution in [2.24, 2.45) is 0 Å². The van der Waals surface area contributed by atoms with E-state index in [0.717, 1.165) is 17.1 Å². The number of anilines is 3. The van der Waals surface area contributed by atoms with E-state index >= 15 is 0 Å². The number of fused-ring (bicyclic) bond motifs is 19. The summed E-state index contributed by atoms with van der Waals surface area (Å²) in [7, 11) is 0. The molecule has 320 valence electrons. The van der Waals surface area contributed by atoms with Gasteiger partial charge in [-0.1, -0.05) is 212 Å². The molecule has 2 heteroatoms. The van der Waals surface area contributed by atoms with Gasteiger partial charge in [-0.25, -0.2) is 0 Å². The van der Waals surface area contributed by atoms with Crippen molar-refractivity contribution in [1.29, 1.82) is 0 Å². The van der Waals surface area contributed by atoms with Crippen molar-refractivity contribution in [2.75, 3.05) is 4.90 Å². The average molecular weight is 892 g/mol. The number of rotatable bonds is 5. The Bertz CT molecular complexity index is 4140. The van der Waals surface area contributed by atoms with Gasteiger partial charge in [-0.3, -0.25) is 0 Å². The summed E-state index contributed by atoms with van der Waals surface area (Å²) in [6.45, 7) is 0. The van der Waals surface area contributed by atoms with Gasteiger partial charge < -0.3 is 4.90 Å². The first-order chi connectivity index (χ1) is 34.2. The fraction of sp³-hybridized carbons (Fsp3) is 0.0149. The average Bonchev–Trinajstić information content (AvgIpc) is 4.06. The van der Waals surface area contributed by atoms with Gasteiger partial charge in [0.15, 0.2) is 0 Å². The molecular formula is C67H41NS. The summed E-state index contributed by atoms with van der Waals surface area (Å²) < 4.78 is 2.67. The monoisotopic (exact) mass is 891 g/mol. The van der Waals surface area contributed by atoms with Crippen LogP contribution in [0.1, 0.15) is 22.3 Å². The maximum Gasteiger partial charge on any atom is 0.0726 e. The summed E-state index contributed by atoms with van der Waals surface area (Å²) in [6.07, 6.45) is 0. The smallest absolute Gasteiger partial charge is 0.0726 e. The lowest BCUT2D eigenvalue weighted by atomic mass is 9.70.